The van der Waals surface area contributed by atoms with Gasteiger partial charge in [0.1, 0.15) is 0 Å². The highest BCUT2D eigenvalue weighted by atomic mass is 35.7. The molecule has 1 aliphatic heterocycles. The normalized spacial score (nSPS) is 32.5. The van der Waals surface area contributed by atoms with E-state index in [2.05, 4.69) is 4.72 Å². The molecule has 1 aliphatic rings. The largest absolute Gasteiger partial charge is 0.377 e. The number of halogens is 1. The third-order valence-corrected chi connectivity index (χ3v) is 2.52. The lowest BCUT2D eigenvalue weighted by molar-refractivity contribution is 0.117. The zero-order valence-electron chi connectivity index (χ0n) is 6.08. The predicted molar refractivity (Wildman–Crippen MR) is 41.7 cm³/mol. The lowest BCUT2D eigenvalue weighted by atomic mass is 10.2. The summed E-state index contributed by atoms with van der Waals surface area (Å²) in [7, 11) is 1.39. The summed E-state index contributed by atoms with van der Waals surface area (Å²) in [6.45, 7) is 2.40. The molecule has 6 heteroatoms. The first kappa shape index (κ1) is 9.25. The molecule has 0 aromatic rings. The van der Waals surface area contributed by atoms with E-state index in [1.807, 2.05) is 6.92 Å². The van der Waals surface area contributed by atoms with Crippen LogP contribution in [-0.4, -0.2) is 27.2 Å². The van der Waals surface area contributed by atoms with Crippen LogP contribution in [0.3, 0.4) is 0 Å². The molecule has 1 saturated heterocycles. The molecule has 1 N–H and O–H groups in total. The lowest BCUT2D eigenvalue weighted by Gasteiger charge is -2.12. The van der Waals surface area contributed by atoms with Gasteiger partial charge in [-0.2, -0.15) is 13.1 Å². The lowest BCUT2D eigenvalue weighted by Crippen LogP contribution is -2.36. The second-order valence-electron chi connectivity index (χ2n) is 2.53. The Hall–Kier alpha value is 0.160. The van der Waals surface area contributed by atoms with E-state index >= 15 is 0 Å². The molecule has 0 aliphatic carbocycles. The van der Waals surface area contributed by atoms with E-state index in [1.54, 1.807) is 0 Å². The van der Waals surface area contributed by atoms with E-state index in [0.717, 1.165) is 0 Å². The molecule has 0 radical (unpaired) electrons. The summed E-state index contributed by atoms with van der Waals surface area (Å²) in [5, 5.41) is 0. The first-order chi connectivity index (χ1) is 4.99. The van der Waals surface area contributed by atoms with Gasteiger partial charge >= 0.3 is 0 Å². The third kappa shape index (κ3) is 2.94. The molecule has 0 aromatic heterocycles. The van der Waals surface area contributed by atoms with Gasteiger partial charge in [0.15, 0.2) is 0 Å². The van der Waals surface area contributed by atoms with Crippen LogP contribution in [0, 0.1) is 0 Å². The average molecular weight is 200 g/mol. The topological polar surface area (TPSA) is 55.4 Å². The van der Waals surface area contributed by atoms with Gasteiger partial charge in [0.2, 0.25) is 0 Å². The van der Waals surface area contributed by atoms with Gasteiger partial charge in [-0.3, -0.25) is 0 Å². The number of hydrogen-bond donors (Lipinski definition) is 1. The summed E-state index contributed by atoms with van der Waals surface area (Å²) in [4.78, 5) is 0. The fourth-order valence-corrected chi connectivity index (χ4v) is 2.08. The van der Waals surface area contributed by atoms with Crippen molar-refractivity contribution in [1.29, 1.82) is 0 Å². The van der Waals surface area contributed by atoms with Crippen LogP contribution in [0.25, 0.3) is 0 Å². The molecule has 0 aromatic carbocycles. The van der Waals surface area contributed by atoms with Crippen LogP contribution < -0.4 is 4.72 Å². The molecule has 1 fully saturated rings. The van der Waals surface area contributed by atoms with E-state index in [-0.39, 0.29) is 12.1 Å². The van der Waals surface area contributed by atoms with Crippen molar-refractivity contribution < 1.29 is 13.2 Å². The van der Waals surface area contributed by atoms with Crippen LogP contribution in [0.15, 0.2) is 0 Å². The van der Waals surface area contributed by atoms with Gasteiger partial charge in [-0.05, 0) is 13.3 Å². The van der Waals surface area contributed by atoms with Crippen LogP contribution in [0.4, 0.5) is 0 Å². The van der Waals surface area contributed by atoms with E-state index in [0.29, 0.717) is 13.0 Å². The maximum Gasteiger partial charge on any atom is 0.297 e. The van der Waals surface area contributed by atoms with Crippen molar-refractivity contribution >= 4 is 19.9 Å². The van der Waals surface area contributed by atoms with Gasteiger partial charge in [0.25, 0.3) is 9.24 Å². The molecule has 2 atom stereocenters. The fraction of sp³-hybridized carbons (Fsp3) is 1.00. The number of hydrogen-bond acceptors (Lipinski definition) is 3. The van der Waals surface area contributed by atoms with Crippen molar-refractivity contribution in [2.75, 3.05) is 6.61 Å². The Morgan fingerprint density at radius 2 is 2.27 bits per heavy atom. The predicted octanol–water partition coefficient (Wildman–Crippen LogP) is 0.237. The molecule has 1 rings (SSSR count). The Bertz CT molecular complexity index is 228. The summed E-state index contributed by atoms with van der Waals surface area (Å²) in [6.07, 6.45) is 0.608. The van der Waals surface area contributed by atoms with Gasteiger partial charge in [-0.25, -0.2) is 0 Å². The maximum atomic E-state index is 10.5. The highest BCUT2D eigenvalue weighted by molar-refractivity contribution is 8.12. The smallest absolute Gasteiger partial charge is 0.297 e. The van der Waals surface area contributed by atoms with Gasteiger partial charge in [-0.15, -0.1) is 0 Å². The number of ether oxygens (including phenoxy) is 1. The molecule has 0 saturated carbocycles. The Morgan fingerprint density at radius 1 is 1.64 bits per heavy atom. The van der Waals surface area contributed by atoms with Crippen molar-refractivity contribution in [3.8, 4) is 0 Å². The minimum absolute atomic E-state index is 0.0801. The minimum atomic E-state index is -3.60. The van der Waals surface area contributed by atoms with E-state index in [9.17, 15) is 8.42 Å². The molecule has 0 spiro atoms. The monoisotopic (exact) mass is 199 g/mol. The zero-order chi connectivity index (χ0) is 8.48. The molecule has 11 heavy (non-hydrogen) atoms. The summed E-state index contributed by atoms with van der Waals surface area (Å²) >= 11 is 0. The quantitative estimate of drug-likeness (QED) is 0.649. The zero-order valence-corrected chi connectivity index (χ0v) is 7.65. The van der Waals surface area contributed by atoms with Crippen LogP contribution in [0.1, 0.15) is 13.3 Å². The molecule has 0 amide bonds. The second-order valence-corrected chi connectivity index (χ2v) is 4.86. The Balaban J connectivity index is 2.50. The minimum Gasteiger partial charge on any atom is -0.377 e. The maximum absolute atomic E-state index is 10.5. The van der Waals surface area contributed by atoms with Gasteiger partial charge in [0.05, 0.1) is 12.1 Å². The van der Waals surface area contributed by atoms with Crippen molar-refractivity contribution in [3.05, 3.63) is 0 Å². The highest BCUT2D eigenvalue weighted by Gasteiger charge is 2.27. The van der Waals surface area contributed by atoms with E-state index in [4.69, 9.17) is 15.4 Å². The Labute approximate surface area is 70.4 Å². The molecular formula is C5H10ClNO3S. The van der Waals surface area contributed by atoms with Gasteiger partial charge in [0, 0.05) is 17.3 Å². The number of rotatable bonds is 2. The average Bonchev–Trinajstić information content (AvgIpc) is 2.12. The van der Waals surface area contributed by atoms with Crippen LogP contribution in [0.5, 0.6) is 0 Å². The molecule has 1 heterocycles. The Morgan fingerprint density at radius 3 is 2.64 bits per heavy atom. The van der Waals surface area contributed by atoms with E-state index in [1.165, 1.54) is 0 Å². The second kappa shape index (κ2) is 3.26. The third-order valence-electron chi connectivity index (χ3n) is 1.67. The first-order valence-corrected chi connectivity index (χ1v) is 5.63. The highest BCUT2D eigenvalue weighted by Crippen LogP contribution is 2.14. The molecule has 0 bridgehead atoms. The summed E-state index contributed by atoms with van der Waals surface area (Å²) in [5.74, 6) is 0. The van der Waals surface area contributed by atoms with Crippen LogP contribution in [-0.2, 0) is 14.0 Å². The molecule has 2 unspecified atom stereocenters. The molecule has 66 valence electrons. The molecular weight excluding hydrogens is 190 g/mol. The summed E-state index contributed by atoms with van der Waals surface area (Å²) in [6, 6.07) is -0.169. The van der Waals surface area contributed by atoms with Gasteiger partial charge < -0.3 is 4.74 Å². The fourth-order valence-electron chi connectivity index (χ4n) is 1.07. The van der Waals surface area contributed by atoms with Crippen molar-refractivity contribution in [3.63, 3.8) is 0 Å². The van der Waals surface area contributed by atoms with Crippen molar-refractivity contribution in [2.24, 2.45) is 0 Å². The van der Waals surface area contributed by atoms with Crippen LogP contribution in [0.2, 0.25) is 0 Å². The van der Waals surface area contributed by atoms with Gasteiger partial charge in [-0.1, -0.05) is 0 Å². The molecule has 4 nitrogen and oxygen atoms in total. The Kier molecular flexibility index (Phi) is 2.74. The summed E-state index contributed by atoms with van der Waals surface area (Å²) in [5.41, 5.74) is 0. The standard InChI is InChI=1S/C5H10ClNO3S/c1-4-5(2-3-10-4)7-11(6,8)9/h4-5,7H,2-3H2,1H3. The SMILES string of the molecule is CC1OCCC1NS(=O)(=O)Cl. The van der Waals surface area contributed by atoms with Crippen LogP contribution >= 0.6 is 10.7 Å². The number of nitrogens with one attached hydrogen (secondary N) is 1. The van der Waals surface area contributed by atoms with Crippen molar-refractivity contribution in [2.45, 2.75) is 25.5 Å². The first-order valence-electron chi connectivity index (χ1n) is 3.32. The summed E-state index contributed by atoms with van der Waals surface area (Å²) < 4.78 is 28.5. The van der Waals surface area contributed by atoms with E-state index < -0.39 is 9.24 Å². The van der Waals surface area contributed by atoms with Crippen molar-refractivity contribution in [1.82, 2.24) is 4.72 Å².